The summed E-state index contributed by atoms with van der Waals surface area (Å²) in [5.74, 6) is -0.265. The maximum Gasteiger partial charge on any atom is 0.416 e. The molecule has 0 saturated carbocycles. The van der Waals surface area contributed by atoms with Crippen molar-refractivity contribution < 1.29 is 18.0 Å². The van der Waals surface area contributed by atoms with E-state index in [1.807, 2.05) is 0 Å². The van der Waals surface area contributed by atoms with E-state index < -0.39 is 11.7 Å². The minimum atomic E-state index is -4.46. The number of aromatic nitrogens is 2. The first-order valence-corrected chi connectivity index (χ1v) is 7.31. The third kappa shape index (κ3) is 3.68. The number of carbonyl (C=O) groups excluding carboxylic acids is 1. The van der Waals surface area contributed by atoms with E-state index >= 15 is 0 Å². The van der Waals surface area contributed by atoms with Crippen molar-refractivity contribution in [3.63, 3.8) is 0 Å². The van der Waals surface area contributed by atoms with E-state index in [-0.39, 0.29) is 17.2 Å². The molecule has 8 heteroatoms. The van der Waals surface area contributed by atoms with E-state index in [4.69, 9.17) is 0 Å². The molecular formula is C17H13F3N4O. The molecule has 0 aliphatic carbocycles. The van der Waals surface area contributed by atoms with Crippen LogP contribution in [0.1, 0.15) is 12.5 Å². The van der Waals surface area contributed by atoms with Gasteiger partial charge in [-0.05, 0) is 18.2 Å². The van der Waals surface area contributed by atoms with E-state index in [9.17, 15) is 18.0 Å². The lowest BCUT2D eigenvalue weighted by molar-refractivity contribution is -0.137. The lowest BCUT2D eigenvalue weighted by atomic mass is 10.0. The van der Waals surface area contributed by atoms with Gasteiger partial charge in [0.25, 0.3) is 0 Å². The molecule has 1 amide bonds. The molecule has 0 bridgehead atoms. The smallest absolute Gasteiger partial charge is 0.274 e. The number of anilines is 1. The van der Waals surface area contributed by atoms with Crippen molar-refractivity contribution in [2.45, 2.75) is 13.1 Å². The second-order valence-electron chi connectivity index (χ2n) is 5.30. The quantitative estimate of drug-likeness (QED) is 0.709. The summed E-state index contributed by atoms with van der Waals surface area (Å²) in [7, 11) is 0. The molecule has 3 rings (SSSR count). The van der Waals surface area contributed by atoms with Gasteiger partial charge in [0, 0.05) is 17.9 Å². The van der Waals surface area contributed by atoms with Crippen LogP contribution in [0.3, 0.4) is 0 Å². The molecule has 5 nitrogen and oxygen atoms in total. The van der Waals surface area contributed by atoms with E-state index in [0.717, 1.165) is 12.1 Å². The van der Waals surface area contributed by atoms with Crippen LogP contribution in [0, 0.1) is 0 Å². The van der Waals surface area contributed by atoms with Gasteiger partial charge in [-0.1, -0.05) is 30.3 Å². The highest BCUT2D eigenvalue weighted by atomic mass is 19.4. The second-order valence-corrected chi connectivity index (χ2v) is 5.30. The third-order valence-corrected chi connectivity index (χ3v) is 3.42. The van der Waals surface area contributed by atoms with Gasteiger partial charge in [0.2, 0.25) is 11.9 Å². The van der Waals surface area contributed by atoms with Crippen LogP contribution >= 0.6 is 0 Å². The second kappa shape index (κ2) is 6.39. The average molecular weight is 346 g/mol. The van der Waals surface area contributed by atoms with E-state index in [1.54, 1.807) is 30.3 Å². The first-order valence-electron chi connectivity index (χ1n) is 7.31. The van der Waals surface area contributed by atoms with Crippen molar-refractivity contribution in [2.24, 2.45) is 0 Å². The fourth-order valence-corrected chi connectivity index (χ4v) is 2.32. The van der Waals surface area contributed by atoms with Gasteiger partial charge in [-0.25, -0.2) is 9.97 Å². The summed E-state index contributed by atoms with van der Waals surface area (Å²) < 4.78 is 39.1. The molecule has 0 aliphatic heterocycles. The highest BCUT2D eigenvalue weighted by Gasteiger charge is 2.31. The van der Waals surface area contributed by atoms with Crippen LogP contribution in [-0.2, 0) is 11.0 Å². The molecule has 0 radical (unpaired) electrons. The number of carbonyl (C=O) groups is 1. The van der Waals surface area contributed by atoms with Crippen molar-refractivity contribution in [3.8, 4) is 11.3 Å². The highest BCUT2D eigenvalue weighted by Crippen LogP contribution is 2.34. The molecule has 1 heterocycles. The molecule has 0 spiro atoms. The number of hydrazine groups is 1. The Hall–Kier alpha value is -3.16. The van der Waals surface area contributed by atoms with E-state index in [0.29, 0.717) is 16.8 Å². The summed E-state index contributed by atoms with van der Waals surface area (Å²) in [5, 5.41) is 0.273. The summed E-state index contributed by atoms with van der Waals surface area (Å²) in [6.45, 7) is 1.31. The molecule has 0 aliphatic rings. The van der Waals surface area contributed by atoms with Crippen molar-refractivity contribution in [1.82, 2.24) is 15.4 Å². The van der Waals surface area contributed by atoms with Gasteiger partial charge in [-0.15, -0.1) is 0 Å². The number of halogens is 3. The van der Waals surface area contributed by atoms with E-state index in [1.165, 1.54) is 13.0 Å². The van der Waals surface area contributed by atoms with Gasteiger partial charge in [0.05, 0.1) is 16.8 Å². The number of nitrogens with zero attached hydrogens (tertiary/aromatic N) is 2. The van der Waals surface area contributed by atoms with Crippen LogP contribution in [-0.4, -0.2) is 15.9 Å². The predicted molar refractivity (Wildman–Crippen MR) is 87.4 cm³/mol. The highest BCUT2D eigenvalue weighted by molar-refractivity contribution is 5.93. The van der Waals surface area contributed by atoms with Crippen LogP contribution in [0.15, 0.2) is 48.5 Å². The van der Waals surface area contributed by atoms with Crippen molar-refractivity contribution in [1.29, 1.82) is 0 Å². The van der Waals surface area contributed by atoms with Crippen LogP contribution < -0.4 is 10.9 Å². The minimum Gasteiger partial charge on any atom is -0.274 e. The number of amides is 1. The lowest BCUT2D eigenvalue weighted by Crippen LogP contribution is -2.27. The molecule has 1 aromatic heterocycles. The molecule has 2 aromatic carbocycles. The zero-order chi connectivity index (χ0) is 18.0. The van der Waals surface area contributed by atoms with Gasteiger partial charge in [-0.3, -0.25) is 15.6 Å². The molecule has 128 valence electrons. The molecule has 0 saturated heterocycles. The first kappa shape index (κ1) is 16.7. The summed E-state index contributed by atoms with van der Waals surface area (Å²) in [4.78, 5) is 19.5. The number of alkyl halides is 3. The largest absolute Gasteiger partial charge is 0.416 e. The Morgan fingerprint density at radius 1 is 1.04 bits per heavy atom. The summed E-state index contributed by atoms with van der Waals surface area (Å²) in [6.07, 6.45) is -4.46. The molecule has 0 atom stereocenters. The van der Waals surface area contributed by atoms with Gasteiger partial charge in [0.15, 0.2) is 0 Å². The van der Waals surface area contributed by atoms with Gasteiger partial charge in [0.1, 0.15) is 0 Å². The Balaban J connectivity index is 2.20. The fraction of sp³-hybridized carbons (Fsp3) is 0.118. The number of nitrogens with one attached hydrogen (secondary N) is 2. The number of rotatable bonds is 3. The monoisotopic (exact) mass is 346 g/mol. The minimum absolute atomic E-state index is 0.0845. The van der Waals surface area contributed by atoms with Crippen LogP contribution in [0.2, 0.25) is 0 Å². The number of hydrogen-bond acceptors (Lipinski definition) is 4. The van der Waals surface area contributed by atoms with Crippen molar-refractivity contribution >= 4 is 22.8 Å². The Morgan fingerprint density at radius 3 is 2.40 bits per heavy atom. The standard InChI is InChI=1S/C17H13F3N4O/c1-10(25)23-24-16-21-14-8-7-12(17(18,19)20)9-13(14)15(22-16)11-5-3-2-4-6-11/h2-9H,1H3,(H,23,25)(H,21,22,24). The Kier molecular flexibility index (Phi) is 4.26. The maximum atomic E-state index is 13.0. The number of hydrogen-bond donors (Lipinski definition) is 2. The van der Waals surface area contributed by atoms with Gasteiger partial charge in [-0.2, -0.15) is 13.2 Å². The molecule has 3 aromatic rings. The predicted octanol–water partition coefficient (Wildman–Crippen LogP) is 3.78. The Bertz CT molecular complexity index is 926. The van der Waals surface area contributed by atoms with E-state index in [2.05, 4.69) is 20.8 Å². The normalized spacial score (nSPS) is 11.4. The van der Waals surface area contributed by atoms with Crippen molar-refractivity contribution in [3.05, 3.63) is 54.1 Å². The van der Waals surface area contributed by atoms with Crippen LogP contribution in [0.25, 0.3) is 22.2 Å². The number of benzene rings is 2. The summed E-state index contributed by atoms with van der Waals surface area (Å²) in [6, 6.07) is 12.1. The maximum absolute atomic E-state index is 13.0. The molecule has 0 unspecified atom stereocenters. The first-order chi connectivity index (χ1) is 11.8. The van der Waals surface area contributed by atoms with Gasteiger partial charge < -0.3 is 0 Å². The zero-order valence-electron chi connectivity index (χ0n) is 13.1. The van der Waals surface area contributed by atoms with Crippen LogP contribution in [0.4, 0.5) is 19.1 Å². The lowest BCUT2D eigenvalue weighted by Gasteiger charge is -2.12. The SMILES string of the molecule is CC(=O)NNc1nc(-c2ccccc2)c2cc(C(F)(F)F)ccc2n1. The van der Waals surface area contributed by atoms with Gasteiger partial charge >= 0.3 is 6.18 Å². The Morgan fingerprint density at radius 2 is 1.76 bits per heavy atom. The fourth-order valence-electron chi connectivity index (χ4n) is 2.32. The number of fused-ring (bicyclic) bond motifs is 1. The van der Waals surface area contributed by atoms with Crippen molar-refractivity contribution in [2.75, 3.05) is 5.43 Å². The average Bonchev–Trinajstić information content (AvgIpc) is 2.58. The molecule has 0 fully saturated rings. The summed E-state index contributed by atoms with van der Waals surface area (Å²) >= 11 is 0. The van der Waals surface area contributed by atoms with Crippen LogP contribution in [0.5, 0.6) is 0 Å². The molecule has 25 heavy (non-hydrogen) atoms. The topological polar surface area (TPSA) is 66.9 Å². The zero-order valence-corrected chi connectivity index (χ0v) is 13.1. The Labute approximate surface area is 140 Å². The third-order valence-electron chi connectivity index (χ3n) is 3.42. The summed E-state index contributed by atoms with van der Waals surface area (Å²) in [5.41, 5.74) is 5.42. The molecular weight excluding hydrogens is 333 g/mol. The molecule has 2 N–H and O–H groups in total.